The quantitative estimate of drug-likeness (QED) is 0.935. The minimum atomic E-state index is 0.601. The Bertz CT molecular complexity index is 576. The van der Waals surface area contributed by atoms with Gasteiger partial charge in [-0.2, -0.15) is 16.7 Å². The zero-order valence-electron chi connectivity index (χ0n) is 10.9. The maximum atomic E-state index is 6.15. The molecule has 0 saturated heterocycles. The molecule has 0 spiro atoms. The molecule has 0 aromatic carbocycles. The van der Waals surface area contributed by atoms with Gasteiger partial charge in [0.05, 0.1) is 16.3 Å². The Hall–Kier alpha value is -1.01. The van der Waals surface area contributed by atoms with Crippen LogP contribution in [0.3, 0.4) is 0 Å². The van der Waals surface area contributed by atoms with Crippen molar-refractivity contribution in [2.45, 2.75) is 38.4 Å². The molecule has 19 heavy (non-hydrogen) atoms. The van der Waals surface area contributed by atoms with Gasteiger partial charge in [-0.15, -0.1) is 11.3 Å². The lowest BCUT2D eigenvalue weighted by molar-refractivity contribution is 0.425. The van der Waals surface area contributed by atoms with Crippen LogP contribution in [-0.2, 0) is 18.6 Å². The van der Waals surface area contributed by atoms with Crippen molar-refractivity contribution in [3.63, 3.8) is 0 Å². The van der Waals surface area contributed by atoms with Crippen molar-refractivity contribution in [1.29, 1.82) is 0 Å². The van der Waals surface area contributed by atoms with Crippen LogP contribution in [0.15, 0.2) is 4.52 Å². The Balaban J connectivity index is 1.93. The van der Waals surface area contributed by atoms with E-state index in [2.05, 4.69) is 17.1 Å². The van der Waals surface area contributed by atoms with Gasteiger partial charge < -0.3 is 10.3 Å². The van der Waals surface area contributed by atoms with Crippen LogP contribution < -0.4 is 5.73 Å². The predicted octanol–water partition coefficient (Wildman–Crippen LogP) is 3.51. The zero-order valence-corrected chi connectivity index (χ0v) is 12.6. The summed E-state index contributed by atoms with van der Waals surface area (Å²) in [6.07, 6.45) is 4.70. The van der Waals surface area contributed by atoms with Gasteiger partial charge in [-0.05, 0) is 37.0 Å². The number of nitrogens with two attached hydrogens (primary N) is 1. The molecule has 2 heterocycles. The van der Waals surface area contributed by atoms with E-state index in [1.54, 1.807) is 23.1 Å². The van der Waals surface area contributed by atoms with Crippen LogP contribution in [0.25, 0.3) is 11.5 Å². The van der Waals surface area contributed by atoms with Crippen molar-refractivity contribution in [3.05, 3.63) is 16.3 Å². The fourth-order valence-corrected chi connectivity index (χ4v) is 4.08. The number of anilines is 1. The van der Waals surface area contributed by atoms with E-state index in [0.29, 0.717) is 5.89 Å². The highest BCUT2D eigenvalue weighted by Crippen LogP contribution is 2.41. The molecule has 1 aliphatic rings. The van der Waals surface area contributed by atoms with Gasteiger partial charge in [-0.1, -0.05) is 12.1 Å². The Labute approximate surface area is 120 Å². The van der Waals surface area contributed by atoms with Crippen molar-refractivity contribution in [3.8, 4) is 11.5 Å². The van der Waals surface area contributed by atoms with E-state index < -0.39 is 0 Å². The number of aromatic nitrogens is 2. The number of nitrogen functional groups attached to an aromatic ring is 1. The number of thioether (sulfide) groups is 1. The number of fused-ring (bicyclic) bond motifs is 1. The number of rotatable bonds is 4. The molecular weight excluding hydrogens is 278 g/mol. The maximum Gasteiger partial charge on any atom is 0.261 e. The van der Waals surface area contributed by atoms with Crippen molar-refractivity contribution in [2.24, 2.45) is 0 Å². The average molecular weight is 295 g/mol. The maximum absolute atomic E-state index is 6.15. The normalized spacial score (nSPS) is 14.6. The van der Waals surface area contributed by atoms with Crippen molar-refractivity contribution >= 4 is 28.1 Å². The third kappa shape index (κ3) is 2.51. The summed E-state index contributed by atoms with van der Waals surface area (Å²) in [6.45, 7) is 2.12. The van der Waals surface area contributed by atoms with Crippen LogP contribution >= 0.6 is 23.1 Å². The van der Waals surface area contributed by atoms with E-state index in [-0.39, 0.29) is 0 Å². The molecule has 102 valence electrons. The van der Waals surface area contributed by atoms with Crippen LogP contribution in [0.2, 0.25) is 0 Å². The Morgan fingerprint density at radius 1 is 1.37 bits per heavy atom. The smallest absolute Gasteiger partial charge is 0.261 e. The zero-order chi connectivity index (χ0) is 13.2. The number of thiophene rings is 1. The summed E-state index contributed by atoms with van der Waals surface area (Å²) in [7, 11) is 0. The Morgan fingerprint density at radius 2 is 2.21 bits per heavy atom. The van der Waals surface area contributed by atoms with Gasteiger partial charge in [0.15, 0.2) is 5.82 Å². The first kappa shape index (κ1) is 13.0. The fourth-order valence-electron chi connectivity index (χ4n) is 2.43. The molecule has 2 aromatic rings. The monoisotopic (exact) mass is 295 g/mol. The lowest BCUT2D eigenvalue weighted by atomic mass is 9.95. The molecule has 1 aliphatic carbocycles. The highest BCUT2D eigenvalue weighted by Gasteiger charge is 2.24. The number of nitrogens with zero attached hydrogens (tertiary/aromatic N) is 2. The molecular formula is C13H17N3OS2. The van der Waals surface area contributed by atoms with Crippen molar-refractivity contribution in [2.75, 3.05) is 11.5 Å². The second kappa shape index (κ2) is 5.54. The van der Waals surface area contributed by atoms with E-state index in [1.807, 2.05) is 0 Å². The lowest BCUT2D eigenvalue weighted by Crippen LogP contribution is -1.99. The SMILES string of the molecule is CCSCc1noc(-c2c(N)sc3c2CCCC3)n1. The summed E-state index contributed by atoms with van der Waals surface area (Å²) in [5.41, 5.74) is 8.49. The highest BCUT2D eigenvalue weighted by molar-refractivity contribution is 7.98. The van der Waals surface area contributed by atoms with Gasteiger partial charge in [0.2, 0.25) is 0 Å². The van der Waals surface area contributed by atoms with E-state index in [9.17, 15) is 0 Å². The second-order valence-electron chi connectivity index (χ2n) is 4.60. The summed E-state index contributed by atoms with van der Waals surface area (Å²) in [4.78, 5) is 5.89. The largest absolute Gasteiger partial charge is 0.390 e. The van der Waals surface area contributed by atoms with E-state index in [0.717, 1.165) is 40.7 Å². The first-order valence-electron chi connectivity index (χ1n) is 6.60. The van der Waals surface area contributed by atoms with Gasteiger partial charge in [-0.3, -0.25) is 0 Å². The van der Waals surface area contributed by atoms with Crippen molar-refractivity contribution in [1.82, 2.24) is 10.1 Å². The van der Waals surface area contributed by atoms with E-state index in [1.165, 1.54) is 23.3 Å². The molecule has 0 saturated carbocycles. The first-order valence-corrected chi connectivity index (χ1v) is 8.57. The van der Waals surface area contributed by atoms with Gasteiger partial charge in [-0.25, -0.2) is 0 Å². The molecule has 0 unspecified atom stereocenters. The molecule has 6 heteroatoms. The van der Waals surface area contributed by atoms with Crippen LogP contribution in [0.5, 0.6) is 0 Å². The molecule has 0 fully saturated rings. The summed E-state index contributed by atoms with van der Waals surface area (Å²) < 4.78 is 5.41. The van der Waals surface area contributed by atoms with Gasteiger partial charge in [0.1, 0.15) is 0 Å². The molecule has 0 aliphatic heterocycles. The minimum Gasteiger partial charge on any atom is -0.390 e. The van der Waals surface area contributed by atoms with Crippen LogP contribution in [0, 0.1) is 0 Å². The standard InChI is InChI=1S/C13H17N3OS2/c1-2-18-7-10-15-13(17-16-10)11-8-5-3-4-6-9(8)19-12(11)14/h2-7,14H2,1H3. The van der Waals surface area contributed by atoms with Crippen LogP contribution in [0.1, 0.15) is 36.0 Å². The second-order valence-corrected chi connectivity index (χ2v) is 7.01. The number of hydrogen-bond donors (Lipinski definition) is 1. The third-order valence-electron chi connectivity index (χ3n) is 3.32. The van der Waals surface area contributed by atoms with Crippen molar-refractivity contribution < 1.29 is 4.52 Å². The molecule has 4 nitrogen and oxygen atoms in total. The first-order chi connectivity index (χ1) is 9.29. The minimum absolute atomic E-state index is 0.601. The summed E-state index contributed by atoms with van der Waals surface area (Å²) in [5, 5.41) is 4.87. The number of hydrogen-bond acceptors (Lipinski definition) is 6. The summed E-state index contributed by atoms with van der Waals surface area (Å²) in [5.74, 6) is 3.21. The molecule has 0 radical (unpaired) electrons. The van der Waals surface area contributed by atoms with Gasteiger partial charge >= 0.3 is 0 Å². The Morgan fingerprint density at radius 3 is 3.05 bits per heavy atom. The van der Waals surface area contributed by atoms with Gasteiger partial charge in [0.25, 0.3) is 5.89 Å². The summed E-state index contributed by atoms with van der Waals surface area (Å²) >= 11 is 3.47. The molecule has 2 aromatic heterocycles. The van der Waals surface area contributed by atoms with E-state index in [4.69, 9.17) is 10.3 Å². The summed E-state index contributed by atoms with van der Waals surface area (Å²) in [6, 6.07) is 0. The van der Waals surface area contributed by atoms with Crippen LogP contribution in [-0.4, -0.2) is 15.9 Å². The topological polar surface area (TPSA) is 64.9 Å². The number of aryl methyl sites for hydroxylation is 1. The molecule has 0 atom stereocenters. The van der Waals surface area contributed by atoms with Gasteiger partial charge in [0, 0.05) is 4.88 Å². The average Bonchev–Trinajstić information content (AvgIpc) is 2.99. The third-order valence-corrected chi connectivity index (χ3v) is 5.31. The molecule has 2 N–H and O–H groups in total. The predicted molar refractivity (Wildman–Crippen MR) is 80.5 cm³/mol. The lowest BCUT2D eigenvalue weighted by Gasteiger charge is -2.10. The Kier molecular flexibility index (Phi) is 3.79. The molecule has 3 rings (SSSR count). The molecule has 0 bridgehead atoms. The molecule has 0 amide bonds. The van der Waals surface area contributed by atoms with E-state index >= 15 is 0 Å². The van der Waals surface area contributed by atoms with Crippen LogP contribution in [0.4, 0.5) is 5.00 Å². The highest BCUT2D eigenvalue weighted by atomic mass is 32.2. The fraction of sp³-hybridized carbons (Fsp3) is 0.538.